The van der Waals surface area contributed by atoms with Crippen molar-refractivity contribution in [3.05, 3.63) is 64.7 Å². The van der Waals surface area contributed by atoms with E-state index in [9.17, 15) is 4.79 Å². The Labute approximate surface area is 148 Å². The number of benzene rings is 2. The molecule has 0 spiro atoms. The molecule has 0 heterocycles. The fraction of sp³-hybridized carbons (Fsp3) is 0.333. The first-order valence-corrected chi connectivity index (χ1v) is 8.81. The zero-order valence-corrected chi connectivity index (χ0v) is 14.5. The second-order valence-corrected chi connectivity index (χ2v) is 6.57. The van der Waals surface area contributed by atoms with Crippen LogP contribution in [0, 0.1) is 11.3 Å². The average molecular weight is 333 g/mol. The lowest BCUT2D eigenvalue weighted by Crippen LogP contribution is -2.32. The smallest absolute Gasteiger partial charge is 0.239 e. The normalized spacial score (nSPS) is 14.1. The second kappa shape index (κ2) is 7.85. The van der Waals surface area contributed by atoms with E-state index in [-0.39, 0.29) is 18.5 Å². The molecule has 0 unspecified atom stereocenters. The number of rotatable bonds is 5. The van der Waals surface area contributed by atoms with E-state index in [1.54, 1.807) is 24.3 Å². The molecule has 0 saturated carbocycles. The second-order valence-electron chi connectivity index (χ2n) is 6.57. The lowest BCUT2D eigenvalue weighted by Gasteiger charge is -2.20. The van der Waals surface area contributed by atoms with Crippen molar-refractivity contribution in [2.24, 2.45) is 0 Å². The van der Waals surface area contributed by atoms with Gasteiger partial charge in [-0.05, 0) is 73.6 Å². The maximum Gasteiger partial charge on any atom is 0.239 e. The van der Waals surface area contributed by atoms with Crippen molar-refractivity contribution in [1.82, 2.24) is 5.32 Å². The van der Waals surface area contributed by atoms with Crippen molar-refractivity contribution in [3.63, 3.8) is 0 Å². The van der Waals surface area contributed by atoms with Crippen LogP contribution in [0.3, 0.4) is 0 Å². The zero-order valence-electron chi connectivity index (χ0n) is 14.5. The molecule has 0 aromatic heterocycles. The predicted molar refractivity (Wildman–Crippen MR) is 99.3 cm³/mol. The molecule has 3 rings (SSSR count). The van der Waals surface area contributed by atoms with Crippen molar-refractivity contribution in [2.45, 2.75) is 38.6 Å². The van der Waals surface area contributed by atoms with Crippen LogP contribution in [0.4, 0.5) is 5.69 Å². The fourth-order valence-electron chi connectivity index (χ4n) is 3.24. The van der Waals surface area contributed by atoms with Crippen molar-refractivity contribution in [3.8, 4) is 6.07 Å². The number of hydrogen-bond donors (Lipinski definition) is 2. The Kier molecular flexibility index (Phi) is 5.35. The van der Waals surface area contributed by atoms with Crippen LogP contribution in [-0.2, 0) is 17.6 Å². The molecule has 1 aliphatic carbocycles. The van der Waals surface area contributed by atoms with Gasteiger partial charge in [-0.3, -0.25) is 4.79 Å². The molecule has 128 valence electrons. The van der Waals surface area contributed by atoms with Gasteiger partial charge >= 0.3 is 0 Å². The van der Waals surface area contributed by atoms with Gasteiger partial charge in [0.25, 0.3) is 0 Å². The zero-order chi connectivity index (χ0) is 17.6. The number of carbonyl (C=O) groups is 1. The van der Waals surface area contributed by atoms with Crippen LogP contribution in [-0.4, -0.2) is 12.5 Å². The number of nitrogens with one attached hydrogen (secondary N) is 2. The fourth-order valence-corrected chi connectivity index (χ4v) is 3.24. The largest absolute Gasteiger partial charge is 0.376 e. The lowest BCUT2D eigenvalue weighted by atomic mass is 9.89. The molecule has 2 aromatic rings. The first-order valence-electron chi connectivity index (χ1n) is 8.81. The summed E-state index contributed by atoms with van der Waals surface area (Å²) in [5.74, 6) is -0.0467. The summed E-state index contributed by atoms with van der Waals surface area (Å²) in [4.78, 5) is 12.2. The molecule has 0 fully saturated rings. The van der Waals surface area contributed by atoms with Gasteiger partial charge in [0.2, 0.25) is 5.91 Å². The number of carbonyl (C=O) groups excluding carboxylic acids is 1. The summed E-state index contributed by atoms with van der Waals surface area (Å²) in [6.45, 7) is 2.23. The topological polar surface area (TPSA) is 64.9 Å². The standard InChI is InChI=1S/C21H23N3O/c1-15(18-9-8-17-4-2-3-5-19(17)12-18)24-21(25)14-23-20-10-6-16(13-22)7-11-20/h6-12,15,23H,2-5,14H2,1H3,(H,24,25)/t15-/m0/s1. The van der Waals surface area contributed by atoms with E-state index >= 15 is 0 Å². The summed E-state index contributed by atoms with van der Waals surface area (Å²) in [7, 11) is 0. The minimum atomic E-state index is -0.0467. The summed E-state index contributed by atoms with van der Waals surface area (Å²) >= 11 is 0. The van der Waals surface area contributed by atoms with Gasteiger partial charge in [-0.25, -0.2) is 0 Å². The van der Waals surface area contributed by atoms with Gasteiger partial charge in [0.05, 0.1) is 24.2 Å². The summed E-state index contributed by atoms with van der Waals surface area (Å²) in [5.41, 5.74) is 5.48. The van der Waals surface area contributed by atoms with Crippen LogP contribution < -0.4 is 10.6 Å². The van der Waals surface area contributed by atoms with Crippen LogP contribution in [0.5, 0.6) is 0 Å². The van der Waals surface area contributed by atoms with Crippen molar-refractivity contribution >= 4 is 11.6 Å². The van der Waals surface area contributed by atoms with E-state index in [1.165, 1.54) is 30.4 Å². The van der Waals surface area contributed by atoms with E-state index in [2.05, 4.69) is 34.9 Å². The first-order chi connectivity index (χ1) is 12.2. The van der Waals surface area contributed by atoms with E-state index in [0.717, 1.165) is 17.7 Å². The number of fused-ring (bicyclic) bond motifs is 1. The number of nitrogens with zero attached hydrogens (tertiary/aromatic N) is 1. The average Bonchev–Trinajstić information content (AvgIpc) is 2.66. The third kappa shape index (κ3) is 4.39. The number of anilines is 1. The molecule has 0 bridgehead atoms. The molecular weight excluding hydrogens is 310 g/mol. The van der Waals surface area contributed by atoms with Crippen molar-refractivity contribution in [2.75, 3.05) is 11.9 Å². The molecule has 4 nitrogen and oxygen atoms in total. The molecule has 2 aromatic carbocycles. The van der Waals surface area contributed by atoms with Gasteiger partial charge < -0.3 is 10.6 Å². The minimum Gasteiger partial charge on any atom is -0.376 e. The van der Waals surface area contributed by atoms with E-state index in [0.29, 0.717) is 5.56 Å². The van der Waals surface area contributed by atoms with Gasteiger partial charge in [-0.2, -0.15) is 5.26 Å². The van der Waals surface area contributed by atoms with E-state index in [4.69, 9.17) is 5.26 Å². The molecule has 0 saturated heterocycles. The van der Waals surface area contributed by atoms with E-state index in [1.807, 2.05) is 6.92 Å². The van der Waals surface area contributed by atoms with Crippen LogP contribution in [0.25, 0.3) is 0 Å². The molecule has 0 aliphatic heterocycles. The molecule has 1 atom stereocenters. The highest BCUT2D eigenvalue weighted by molar-refractivity contribution is 5.81. The quantitative estimate of drug-likeness (QED) is 0.876. The van der Waals surface area contributed by atoms with E-state index < -0.39 is 0 Å². The van der Waals surface area contributed by atoms with Gasteiger partial charge in [0.15, 0.2) is 0 Å². The Hall–Kier alpha value is -2.80. The van der Waals surface area contributed by atoms with Crippen LogP contribution in [0.2, 0.25) is 0 Å². The summed E-state index contributed by atoms with van der Waals surface area (Å²) in [6.07, 6.45) is 4.85. The maximum atomic E-state index is 12.2. The van der Waals surface area contributed by atoms with Gasteiger partial charge in [-0.15, -0.1) is 0 Å². The van der Waals surface area contributed by atoms with Crippen LogP contribution >= 0.6 is 0 Å². The molecule has 1 aliphatic rings. The third-order valence-electron chi connectivity index (χ3n) is 4.72. The minimum absolute atomic E-state index is 0.0116. The highest BCUT2D eigenvalue weighted by Gasteiger charge is 2.14. The van der Waals surface area contributed by atoms with Gasteiger partial charge in [0.1, 0.15) is 0 Å². The summed E-state index contributed by atoms with van der Waals surface area (Å²) in [5, 5.41) is 14.9. The van der Waals surface area contributed by atoms with Crippen LogP contribution in [0.1, 0.15) is 48.1 Å². The lowest BCUT2D eigenvalue weighted by molar-refractivity contribution is -0.120. The molecule has 2 N–H and O–H groups in total. The number of hydrogen-bond acceptors (Lipinski definition) is 3. The highest BCUT2D eigenvalue weighted by Crippen LogP contribution is 2.24. The summed E-state index contributed by atoms with van der Waals surface area (Å²) < 4.78 is 0. The SMILES string of the molecule is C[C@H](NC(=O)CNc1ccc(C#N)cc1)c1ccc2c(c1)CCCC2. The Morgan fingerprint density at radius 2 is 1.84 bits per heavy atom. The first kappa shape index (κ1) is 17.0. The molecule has 0 radical (unpaired) electrons. The number of amides is 1. The summed E-state index contributed by atoms with van der Waals surface area (Å²) in [6, 6.07) is 15.7. The molecule has 1 amide bonds. The van der Waals surface area contributed by atoms with Crippen molar-refractivity contribution in [1.29, 1.82) is 5.26 Å². The highest BCUT2D eigenvalue weighted by atomic mass is 16.1. The number of nitriles is 1. The van der Waals surface area contributed by atoms with Gasteiger partial charge in [-0.1, -0.05) is 18.2 Å². The Morgan fingerprint density at radius 3 is 2.56 bits per heavy atom. The monoisotopic (exact) mass is 333 g/mol. The number of aryl methyl sites for hydroxylation is 2. The molecule has 4 heteroatoms. The Morgan fingerprint density at radius 1 is 1.12 bits per heavy atom. The third-order valence-corrected chi connectivity index (χ3v) is 4.72. The van der Waals surface area contributed by atoms with Gasteiger partial charge in [0, 0.05) is 5.69 Å². The van der Waals surface area contributed by atoms with Crippen LogP contribution in [0.15, 0.2) is 42.5 Å². The Balaban J connectivity index is 1.54. The predicted octanol–water partition coefficient (Wildman–Crippen LogP) is 3.73. The Bertz CT molecular complexity index is 790. The molecular formula is C21H23N3O. The maximum absolute atomic E-state index is 12.2. The molecule has 25 heavy (non-hydrogen) atoms. The van der Waals surface area contributed by atoms with Crippen molar-refractivity contribution < 1.29 is 4.79 Å².